The fourth-order valence-electron chi connectivity index (χ4n) is 3.54. The average Bonchev–Trinajstić information content (AvgIpc) is 3.41. The van der Waals surface area contributed by atoms with Crippen LogP contribution in [0.25, 0.3) is 0 Å². The first-order valence-electron chi connectivity index (χ1n) is 10.1. The van der Waals surface area contributed by atoms with Gasteiger partial charge < -0.3 is 14.6 Å². The summed E-state index contributed by atoms with van der Waals surface area (Å²) in [4.78, 5) is 27.8. The Morgan fingerprint density at radius 2 is 2.07 bits per heavy atom. The SMILES string of the molecule is CC(C)CCN(Cc1ccco1)C(=O)c1nnn2c1C(=O)NC(c1ccccc1)C2. The van der Waals surface area contributed by atoms with E-state index in [0.717, 1.165) is 12.0 Å². The summed E-state index contributed by atoms with van der Waals surface area (Å²) in [6, 6.07) is 13.1. The van der Waals surface area contributed by atoms with Gasteiger partial charge in [-0.05, 0) is 30.0 Å². The zero-order valence-electron chi connectivity index (χ0n) is 17.1. The number of nitrogens with one attached hydrogen (secondary N) is 1. The summed E-state index contributed by atoms with van der Waals surface area (Å²) >= 11 is 0. The third-order valence-electron chi connectivity index (χ3n) is 5.21. The maximum atomic E-state index is 13.3. The minimum Gasteiger partial charge on any atom is -0.467 e. The molecule has 2 amide bonds. The van der Waals surface area contributed by atoms with Gasteiger partial charge >= 0.3 is 0 Å². The Morgan fingerprint density at radius 3 is 2.77 bits per heavy atom. The molecule has 0 aliphatic carbocycles. The Hall–Kier alpha value is -3.42. The van der Waals surface area contributed by atoms with Crippen LogP contribution in [-0.4, -0.2) is 38.3 Å². The molecular weight excluding hydrogens is 382 g/mol. The van der Waals surface area contributed by atoms with Crippen LogP contribution in [0.2, 0.25) is 0 Å². The van der Waals surface area contributed by atoms with Crippen LogP contribution in [0.5, 0.6) is 0 Å². The van der Waals surface area contributed by atoms with Gasteiger partial charge in [-0.3, -0.25) is 9.59 Å². The molecule has 0 saturated heterocycles. The molecule has 1 aliphatic heterocycles. The van der Waals surface area contributed by atoms with Crippen molar-refractivity contribution < 1.29 is 14.0 Å². The highest BCUT2D eigenvalue weighted by Gasteiger charge is 2.34. The number of aromatic nitrogens is 3. The maximum absolute atomic E-state index is 13.3. The van der Waals surface area contributed by atoms with Gasteiger partial charge in [0.1, 0.15) is 5.76 Å². The van der Waals surface area contributed by atoms with E-state index in [1.165, 1.54) is 4.68 Å². The fraction of sp³-hybridized carbons (Fsp3) is 0.364. The molecule has 1 aliphatic rings. The highest BCUT2D eigenvalue weighted by molar-refractivity contribution is 6.05. The van der Waals surface area contributed by atoms with Gasteiger partial charge in [0.05, 0.1) is 25.4 Å². The minimum atomic E-state index is -0.342. The Kier molecular flexibility index (Phi) is 5.65. The number of hydrogen-bond donors (Lipinski definition) is 1. The lowest BCUT2D eigenvalue weighted by atomic mass is 10.0. The Labute approximate surface area is 174 Å². The van der Waals surface area contributed by atoms with Gasteiger partial charge in [-0.1, -0.05) is 49.4 Å². The summed E-state index contributed by atoms with van der Waals surface area (Å²) in [6.07, 6.45) is 2.41. The molecule has 1 N–H and O–H groups in total. The number of nitrogens with zero attached hydrogens (tertiary/aromatic N) is 4. The number of furan rings is 1. The van der Waals surface area contributed by atoms with Gasteiger partial charge in [0.15, 0.2) is 11.4 Å². The average molecular weight is 407 g/mol. The topological polar surface area (TPSA) is 93.3 Å². The molecule has 2 aromatic heterocycles. The Bertz CT molecular complexity index is 1010. The number of carbonyl (C=O) groups excluding carboxylic acids is 2. The molecule has 0 radical (unpaired) electrons. The second kappa shape index (κ2) is 8.52. The van der Waals surface area contributed by atoms with Crippen LogP contribution in [0.4, 0.5) is 0 Å². The molecular formula is C22H25N5O3. The molecule has 8 heteroatoms. The van der Waals surface area contributed by atoms with Crippen molar-refractivity contribution >= 4 is 11.8 Å². The van der Waals surface area contributed by atoms with Crippen molar-refractivity contribution in [3.05, 3.63) is 71.4 Å². The summed E-state index contributed by atoms with van der Waals surface area (Å²) < 4.78 is 6.95. The van der Waals surface area contributed by atoms with Gasteiger partial charge in [-0.2, -0.15) is 0 Å². The lowest BCUT2D eigenvalue weighted by molar-refractivity contribution is 0.0709. The van der Waals surface area contributed by atoms with Gasteiger partial charge in [0, 0.05) is 6.54 Å². The predicted molar refractivity (Wildman–Crippen MR) is 110 cm³/mol. The number of fused-ring (bicyclic) bond motifs is 1. The molecule has 3 aromatic rings. The predicted octanol–water partition coefficient (Wildman–Crippen LogP) is 3.04. The lowest BCUT2D eigenvalue weighted by Gasteiger charge is -2.26. The van der Waals surface area contributed by atoms with Crippen LogP contribution in [0, 0.1) is 5.92 Å². The first kappa shape index (κ1) is 19.9. The molecule has 0 saturated carbocycles. The normalized spacial score (nSPS) is 15.7. The van der Waals surface area contributed by atoms with E-state index >= 15 is 0 Å². The van der Waals surface area contributed by atoms with Gasteiger partial charge in [-0.25, -0.2) is 4.68 Å². The quantitative estimate of drug-likeness (QED) is 0.650. The molecule has 4 rings (SSSR count). The second-order valence-electron chi connectivity index (χ2n) is 7.89. The van der Waals surface area contributed by atoms with Crippen molar-refractivity contribution in [2.45, 2.75) is 39.4 Å². The van der Waals surface area contributed by atoms with Crippen LogP contribution in [0.15, 0.2) is 53.1 Å². The van der Waals surface area contributed by atoms with Crippen LogP contribution in [0.3, 0.4) is 0 Å². The van der Waals surface area contributed by atoms with E-state index in [-0.39, 0.29) is 29.2 Å². The van der Waals surface area contributed by atoms with Crippen molar-refractivity contribution in [2.75, 3.05) is 6.54 Å². The molecule has 1 atom stereocenters. The van der Waals surface area contributed by atoms with E-state index in [2.05, 4.69) is 29.5 Å². The standard InChI is InChI=1S/C22H25N5O3/c1-15(2)10-11-26(13-17-9-6-12-30-17)22(29)19-20-21(28)23-18(14-27(20)25-24-19)16-7-4-3-5-8-16/h3-9,12,15,18H,10-11,13-14H2,1-2H3,(H,23,28). The van der Waals surface area contributed by atoms with Crippen molar-refractivity contribution in [1.29, 1.82) is 0 Å². The van der Waals surface area contributed by atoms with Crippen LogP contribution in [0.1, 0.15) is 58.6 Å². The van der Waals surface area contributed by atoms with E-state index in [0.29, 0.717) is 31.3 Å². The van der Waals surface area contributed by atoms with Gasteiger partial charge in [0.25, 0.3) is 11.8 Å². The first-order chi connectivity index (χ1) is 14.5. The summed E-state index contributed by atoms with van der Waals surface area (Å²) in [5, 5.41) is 11.2. The van der Waals surface area contributed by atoms with Crippen molar-refractivity contribution in [1.82, 2.24) is 25.2 Å². The van der Waals surface area contributed by atoms with Crippen LogP contribution < -0.4 is 5.32 Å². The molecule has 30 heavy (non-hydrogen) atoms. The largest absolute Gasteiger partial charge is 0.467 e. The van der Waals surface area contributed by atoms with E-state index in [1.807, 2.05) is 36.4 Å². The first-order valence-corrected chi connectivity index (χ1v) is 10.1. The zero-order chi connectivity index (χ0) is 21.1. The summed E-state index contributed by atoms with van der Waals surface area (Å²) in [6.45, 7) is 5.49. The third kappa shape index (κ3) is 4.12. The number of carbonyl (C=O) groups is 2. The summed E-state index contributed by atoms with van der Waals surface area (Å²) in [5.41, 5.74) is 1.27. The van der Waals surface area contributed by atoms with Crippen molar-refractivity contribution in [3.8, 4) is 0 Å². The number of hydrogen-bond acceptors (Lipinski definition) is 5. The van der Waals surface area contributed by atoms with Gasteiger partial charge in [0.2, 0.25) is 0 Å². The number of benzene rings is 1. The summed E-state index contributed by atoms with van der Waals surface area (Å²) in [7, 11) is 0. The molecule has 3 heterocycles. The van der Waals surface area contributed by atoms with Crippen LogP contribution >= 0.6 is 0 Å². The van der Waals surface area contributed by atoms with Crippen LogP contribution in [-0.2, 0) is 13.1 Å². The van der Waals surface area contributed by atoms with Gasteiger partial charge in [-0.15, -0.1) is 5.10 Å². The lowest BCUT2D eigenvalue weighted by Crippen LogP contribution is -2.41. The maximum Gasteiger partial charge on any atom is 0.277 e. The Morgan fingerprint density at radius 1 is 1.27 bits per heavy atom. The van der Waals surface area contributed by atoms with Crippen molar-refractivity contribution in [3.63, 3.8) is 0 Å². The highest BCUT2D eigenvalue weighted by atomic mass is 16.3. The molecule has 0 bridgehead atoms. The second-order valence-corrected chi connectivity index (χ2v) is 7.89. The number of amides is 2. The van der Waals surface area contributed by atoms with E-state index < -0.39 is 0 Å². The van der Waals surface area contributed by atoms with E-state index in [1.54, 1.807) is 17.2 Å². The molecule has 0 spiro atoms. The highest BCUT2D eigenvalue weighted by Crippen LogP contribution is 2.23. The molecule has 8 nitrogen and oxygen atoms in total. The van der Waals surface area contributed by atoms with E-state index in [4.69, 9.17) is 4.42 Å². The molecule has 0 fully saturated rings. The van der Waals surface area contributed by atoms with E-state index in [9.17, 15) is 9.59 Å². The molecule has 1 unspecified atom stereocenters. The Balaban J connectivity index is 1.58. The smallest absolute Gasteiger partial charge is 0.277 e. The summed E-state index contributed by atoms with van der Waals surface area (Å²) in [5.74, 6) is 0.453. The monoisotopic (exact) mass is 407 g/mol. The third-order valence-corrected chi connectivity index (χ3v) is 5.21. The fourth-order valence-corrected chi connectivity index (χ4v) is 3.54. The molecule has 156 valence electrons. The van der Waals surface area contributed by atoms with Crippen molar-refractivity contribution in [2.24, 2.45) is 5.92 Å². The molecule has 1 aromatic carbocycles. The zero-order valence-corrected chi connectivity index (χ0v) is 17.1. The minimum absolute atomic E-state index is 0.0781. The number of rotatable bonds is 7.